The highest BCUT2D eigenvalue weighted by Crippen LogP contribution is 2.12. The molecule has 0 saturated heterocycles. The van der Waals surface area contributed by atoms with Crippen molar-refractivity contribution in [3.8, 4) is 0 Å². The Morgan fingerprint density at radius 1 is 0.625 bits per heavy atom. The third-order valence-electron chi connectivity index (χ3n) is 7.50. The largest absolute Gasteiger partial charge is 0.394 e. The SMILES string of the molecule is CCCCC/C=C\C=C/CCCCCCCC(O)C(=O)NC(CO)C(O)/C=C/CCCCCCCCCCCC. The first kappa shape index (κ1) is 38.6. The molecule has 234 valence electrons. The maximum atomic E-state index is 12.3. The lowest BCUT2D eigenvalue weighted by atomic mass is 10.0. The molecule has 1 amide bonds. The summed E-state index contributed by atoms with van der Waals surface area (Å²) in [6, 6.07) is -0.801. The van der Waals surface area contributed by atoms with Gasteiger partial charge in [-0.15, -0.1) is 0 Å². The van der Waals surface area contributed by atoms with Crippen molar-refractivity contribution in [3.05, 3.63) is 36.5 Å². The van der Waals surface area contributed by atoms with Gasteiger partial charge < -0.3 is 20.6 Å². The summed E-state index contributed by atoms with van der Waals surface area (Å²) >= 11 is 0. The van der Waals surface area contributed by atoms with E-state index in [2.05, 4.69) is 43.5 Å². The highest BCUT2D eigenvalue weighted by molar-refractivity contribution is 5.80. The monoisotopic (exact) mass is 563 g/mol. The first-order chi connectivity index (χ1) is 19.6. The first-order valence-electron chi connectivity index (χ1n) is 16.8. The van der Waals surface area contributed by atoms with Crippen LogP contribution in [0.1, 0.15) is 155 Å². The minimum Gasteiger partial charge on any atom is -0.394 e. The predicted molar refractivity (Wildman–Crippen MR) is 171 cm³/mol. The molecule has 0 saturated carbocycles. The number of carbonyl (C=O) groups is 1. The summed E-state index contributed by atoms with van der Waals surface area (Å²) in [5.41, 5.74) is 0. The molecule has 0 fully saturated rings. The Morgan fingerprint density at radius 3 is 1.57 bits per heavy atom. The first-order valence-corrected chi connectivity index (χ1v) is 16.8. The van der Waals surface area contributed by atoms with Gasteiger partial charge in [-0.2, -0.15) is 0 Å². The summed E-state index contributed by atoms with van der Waals surface area (Å²) in [5, 5.41) is 32.8. The summed E-state index contributed by atoms with van der Waals surface area (Å²) < 4.78 is 0. The van der Waals surface area contributed by atoms with Crippen molar-refractivity contribution in [1.82, 2.24) is 5.32 Å². The molecule has 5 heteroatoms. The highest BCUT2D eigenvalue weighted by Gasteiger charge is 2.22. The van der Waals surface area contributed by atoms with Crippen LogP contribution in [0.25, 0.3) is 0 Å². The Hall–Kier alpha value is -1.43. The smallest absolute Gasteiger partial charge is 0.249 e. The average molecular weight is 564 g/mol. The van der Waals surface area contributed by atoms with Crippen LogP contribution >= 0.6 is 0 Å². The van der Waals surface area contributed by atoms with E-state index in [0.717, 1.165) is 51.4 Å². The molecule has 3 unspecified atom stereocenters. The molecular weight excluding hydrogens is 498 g/mol. The lowest BCUT2D eigenvalue weighted by molar-refractivity contribution is -0.131. The maximum absolute atomic E-state index is 12.3. The molecule has 4 N–H and O–H groups in total. The number of aliphatic hydroxyl groups is 3. The van der Waals surface area contributed by atoms with Gasteiger partial charge in [0, 0.05) is 0 Å². The molecule has 0 aromatic carbocycles. The minimum atomic E-state index is -1.11. The predicted octanol–water partition coefficient (Wildman–Crippen LogP) is 8.48. The standard InChI is InChI=1S/C35H65NO4/c1-3-5-7-9-11-13-15-17-18-20-22-24-26-28-30-34(39)35(40)36-32(31-37)33(38)29-27-25-23-21-19-16-14-12-10-8-6-4-2/h11,13,15,17,27,29,32-34,37-39H,3-10,12,14,16,18-26,28,30-31H2,1-2H3,(H,36,40)/b13-11-,17-15-,29-27+. The van der Waals surface area contributed by atoms with Crippen molar-refractivity contribution in [3.63, 3.8) is 0 Å². The number of amides is 1. The van der Waals surface area contributed by atoms with Crippen LogP contribution < -0.4 is 5.32 Å². The van der Waals surface area contributed by atoms with Crippen LogP contribution in [-0.4, -0.2) is 46.1 Å². The molecule has 0 spiro atoms. The molecule has 0 aromatic heterocycles. The Balaban J connectivity index is 3.84. The molecule has 0 aliphatic carbocycles. The van der Waals surface area contributed by atoms with E-state index >= 15 is 0 Å². The summed E-state index contributed by atoms with van der Waals surface area (Å²) in [6.45, 7) is 4.10. The van der Waals surface area contributed by atoms with Crippen LogP contribution in [0, 0.1) is 0 Å². The molecule has 0 heterocycles. The van der Waals surface area contributed by atoms with Crippen molar-refractivity contribution in [2.75, 3.05) is 6.61 Å². The lowest BCUT2D eigenvalue weighted by Gasteiger charge is -2.21. The fourth-order valence-corrected chi connectivity index (χ4v) is 4.76. The normalized spacial score (nSPS) is 14.4. The van der Waals surface area contributed by atoms with E-state index in [1.54, 1.807) is 6.08 Å². The number of nitrogens with one attached hydrogen (secondary N) is 1. The van der Waals surface area contributed by atoms with Crippen LogP contribution in [0.3, 0.4) is 0 Å². The van der Waals surface area contributed by atoms with E-state index in [4.69, 9.17) is 0 Å². The van der Waals surface area contributed by atoms with E-state index in [9.17, 15) is 20.1 Å². The number of rotatable bonds is 29. The summed E-state index contributed by atoms with van der Waals surface area (Å²) in [6.07, 6.45) is 35.7. The molecular formula is C35H65NO4. The zero-order valence-electron chi connectivity index (χ0n) is 26.2. The van der Waals surface area contributed by atoms with Crippen molar-refractivity contribution in [2.45, 2.75) is 173 Å². The Morgan fingerprint density at radius 2 is 1.05 bits per heavy atom. The topological polar surface area (TPSA) is 89.8 Å². The zero-order valence-corrected chi connectivity index (χ0v) is 26.2. The van der Waals surface area contributed by atoms with Gasteiger partial charge >= 0.3 is 0 Å². The number of hydrogen-bond acceptors (Lipinski definition) is 4. The van der Waals surface area contributed by atoms with Gasteiger partial charge in [0.15, 0.2) is 0 Å². The highest BCUT2D eigenvalue weighted by atomic mass is 16.3. The Kier molecular flexibility index (Phi) is 29.4. The van der Waals surface area contributed by atoms with Crippen molar-refractivity contribution in [1.29, 1.82) is 0 Å². The minimum absolute atomic E-state index is 0.370. The molecule has 0 aliphatic heterocycles. The van der Waals surface area contributed by atoms with Crippen LogP contribution in [0.15, 0.2) is 36.5 Å². The molecule has 5 nitrogen and oxygen atoms in total. The van der Waals surface area contributed by atoms with Gasteiger partial charge in [-0.05, 0) is 44.9 Å². The average Bonchev–Trinajstić information content (AvgIpc) is 2.96. The Labute approximate surface area is 247 Å². The summed E-state index contributed by atoms with van der Waals surface area (Å²) in [5.74, 6) is -0.519. The second kappa shape index (κ2) is 30.5. The van der Waals surface area contributed by atoms with Crippen LogP contribution in [0.5, 0.6) is 0 Å². The van der Waals surface area contributed by atoms with Gasteiger partial charge in [0.05, 0.1) is 18.8 Å². The second-order valence-electron chi connectivity index (χ2n) is 11.4. The van der Waals surface area contributed by atoms with Gasteiger partial charge in [0.1, 0.15) is 6.10 Å². The maximum Gasteiger partial charge on any atom is 0.249 e. The molecule has 0 radical (unpaired) electrons. The Bertz CT molecular complexity index is 631. The quantitative estimate of drug-likeness (QED) is 0.0417. The van der Waals surface area contributed by atoms with E-state index in [1.165, 1.54) is 83.5 Å². The van der Waals surface area contributed by atoms with Crippen molar-refractivity contribution < 1.29 is 20.1 Å². The van der Waals surface area contributed by atoms with E-state index < -0.39 is 24.2 Å². The van der Waals surface area contributed by atoms with Crippen molar-refractivity contribution in [2.24, 2.45) is 0 Å². The van der Waals surface area contributed by atoms with Crippen LogP contribution in [0.2, 0.25) is 0 Å². The molecule has 0 rings (SSSR count). The fraction of sp³-hybridized carbons (Fsp3) is 0.800. The number of carbonyl (C=O) groups excluding carboxylic acids is 1. The van der Waals surface area contributed by atoms with E-state index in [-0.39, 0.29) is 6.61 Å². The fourth-order valence-electron chi connectivity index (χ4n) is 4.76. The second-order valence-corrected chi connectivity index (χ2v) is 11.4. The van der Waals surface area contributed by atoms with E-state index in [1.807, 2.05) is 6.08 Å². The van der Waals surface area contributed by atoms with Crippen molar-refractivity contribution >= 4 is 5.91 Å². The third kappa shape index (κ3) is 25.5. The number of aliphatic hydroxyl groups excluding tert-OH is 3. The molecule has 3 atom stereocenters. The van der Waals surface area contributed by atoms with Gasteiger partial charge in [-0.1, -0.05) is 147 Å². The van der Waals surface area contributed by atoms with Gasteiger partial charge in [-0.25, -0.2) is 0 Å². The summed E-state index contributed by atoms with van der Waals surface area (Å²) in [7, 11) is 0. The molecule has 0 aliphatic rings. The molecule has 0 bridgehead atoms. The third-order valence-corrected chi connectivity index (χ3v) is 7.50. The van der Waals surface area contributed by atoms with Gasteiger partial charge in [0.2, 0.25) is 5.91 Å². The molecule has 40 heavy (non-hydrogen) atoms. The van der Waals surface area contributed by atoms with Gasteiger partial charge in [-0.3, -0.25) is 4.79 Å². The zero-order chi connectivity index (χ0) is 29.5. The van der Waals surface area contributed by atoms with Crippen LogP contribution in [0.4, 0.5) is 0 Å². The summed E-state index contributed by atoms with van der Waals surface area (Å²) in [4.78, 5) is 12.3. The van der Waals surface area contributed by atoms with Crippen LogP contribution in [-0.2, 0) is 4.79 Å². The lowest BCUT2D eigenvalue weighted by Crippen LogP contribution is -2.48. The number of unbranched alkanes of at least 4 members (excludes halogenated alkanes) is 18. The van der Waals surface area contributed by atoms with Gasteiger partial charge in [0.25, 0.3) is 0 Å². The van der Waals surface area contributed by atoms with E-state index in [0.29, 0.717) is 6.42 Å². The number of hydrogen-bond donors (Lipinski definition) is 4. The number of allylic oxidation sites excluding steroid dienone is 5. The molecule has 0 aromatic rings.